The van der Waals surface area contributed by atoms with Crippen LogP contribution in [0, 0.1) is 25.7 Å². The molecule has 0 radical (unpaired) electrons. The number of thiazole rings is 1. The van der Waals surface area contributed by atoms with Crippen LogP contribution in [-0.2, 0) is 6.54 Å². The van der Waals surface area contributed by atoms with E-state index >= 15 is 0 Å². The van der Waals surface area contributed by atoms with Crippen molar-refractivity contribution in [3.05, 3.63) is 15.6 Å². The monoisotopic (exact) mass is 236 g/mol. The van der Waals surface area contributed by atoms with Crippen molar-refractivity contribution >= 4 is 11.3 Å². The van der Waals surface area contributed by atoms with Crippen molar-refractivity contribution in [2.45, 2.75) is 52.1 Å². The number of hydrogen-bond donors (Lipinski definition) is 1. The van der Waals surface area contributed by atoms with E-state index in [-0.39, 0.29) is 0 Å². The number of nitrogens with one attached hydrogen (secondary N) is 1. The zero-order valence-corrected chi connectivity index (χ0v) is 10.9. The third-order valence-electron chi connectivity index (χ3n) is 3.76. The maximum atomic E-state index is 4.60. The lowest BCUT2D eigenvalue weighted by atomic mass is 10.1. The SMILES string of the molecule is Cc1nc(CNC(C2CC2)C2CC2)c(C)s1. The van der Waals surface area contributed by atoms with Crippen molar-refractivity contribution in [2.24, 2.45) is 11.8 Å². The first-order valence-electron chi connectivity index (χ1n) is 6.40. The van der Waals surface area contributed by atoms with Gasteiger partial charge in [-0.15, -0.1) is 11.3 Å². The lowest BCUT2D eigenvalue weighted by Gasteiger charge is -2.16. The second kappa shape index (κ2) is 4.11. The highest BCUT2D eigenvalue weighted by atomic mass is 32.1. The molecule has 88 valence electrons. The second-order valence-corrected chi connectivity index (χ2v) is 6.72. The largest absolute Gasteiger partial charge is 0.308 e. The molecule has 0 atom stereocenters. The van der Waals surface area contributed by atoms with E-state index in [9.17, 15) is 0 Å². The van der Waals surface area contributed by atoms with Gasteiger partial charge in [0.05, 0.1) is 10.7 Å². The maximum Gasteiger partial charge on any atom is 0.0900 e. The van der Waals surface area contributed by atoms with Gasteiger partial charge in [0.15, 0.2) is 0 Å². The minimum absolute atomic E-state index is 0.793. The van der Waals surface area contributed by atoms with E-state index in [1.807, 2.05) is 11.3 Å². The van der Waals surface area contributed by atoms with Gasteiger partial charge in [0, 0.05) is 17.5 Å². The Morgan fingerprint density at radius 2 is 1.88 bits per heavy atom. The molecule has 2 fully saturated rings. The molecule has 16 heavy (non-hydrogen) atoms. The highest BCUT2D eigenvalue weighted by Gasteiger charge is 2.41. The number of rotatable bonds is 5. The van der Waals surface area contributed by atoms with E-state index in [1.54, 1.807) is 0 Å². The molecule has 0 saturated heterocycles. The molecule has 1 aromatic rings. The molecule has 1 aromatic heterocycles. The average molecular weight is 236 g/mol. The van der Waals surface area contributed by atoms with Crippen molar-refractivity contribution in [1.29, 1.82) is 0 Å². The second-order valence-electron chi connectivity index (χ2n) is 5.32. The van der Waals surface area contributed by atoms with Crippen molar-refractivity contribution < 1.29 is 0 Å². The summed E-state index contributed by atoms with van der Waals surface area (Å²) in [6, 6.07) is 0.793. The van der Waals surface area contributed by atoms with Crippen LogP contribution in [0.2, 0.25) is 0 Å². The van der Waals surface area contributed by atoms with E-state index in [0.717, 1.165) is 24.4 Å². The first kappa shape index (κ1) is 10.7. The highest BCUT2D eigenvalue weighted by molar-refractivity contribution is 7.11. The molecule has 2 aliphatic carbocycles. The summed E-state index contributed by atoms with van der Waals surface area (Å²) in [4.78, 5) is 5.98. The molecular formula is C13H20N2S. The smallest absolute Gasteiger partial charge is 0.0900 e. The van der Waals surface area contributed by atoms with Gasteiger partial charge in [-0.3, -0.25) is 0 Å². The summed E-state index contributed by atoms with van der Waals surface area (Å²) >= 11 is 1.82. The maximum absolute atomic E-state index is 4.60. The fraction of sp³-hybridized carbons (Fsp3) is 0.769. The van der Waals surface area contributed by atoms with Crippen molar-refractivity contribution in [3.63, 3.8) is 0 Å². The van der Waals surface area contributed by atoms with Crippen LogP contribution >= 0.6 is 11.3 Å². The fourth-order valence-electron chi connectivity index (χ4n) is 2.58. The molecule has 2 saturated carbocycles. The first-order chi connectivity index (χ1) is 7.74. The molecule has 0 aromatic carbocycles. The van der Waals surface area contributed by atoms with E-state index in [0.29, 0.717) is 0 Å². The molecule has 0 amide bonds. The molecule has 3 heteroatoms. The Bertz CT molecular complexity index is 365. The molecule has 1 heterocycles. The van der Waals surface area contributed by atoms with Crippen LogP contribution in [0.4, 0.5) is 0 Å². The predicted molar refractivity (Wildman–Crippen MR) is 67.7 cm³/mol. The number of hydrogen-bond acceptors (Lipinski definition) is 3. The van der Waals surface area contributed by atoms with Crippen LogP contribution in [0.1, 0.15) is 41.3 Å². The van der Waals surface area contributed by atoms with E-state index in [1.165, 1.54) is 41.3 Å². The lowest BCUT2D eigenvalue weighted by Crippen LogP contribution is -2.32. The lowest BCUT2D eigenvalue weighted by molar-refractivity contribution is 0.413. The normalized spacial score (nSPS) is 20.7. The average Bonchev–Trinajstić information content (AvgIpc) is 3.11. The molecule has 1 N–H and O–H groups in total. The van der Waals surface area contributed by atoms with Gasteiger partial charge in [-0.05, 0) is 51.4 Å². The summed E-state index contributed by atoms with van der Waals surface area (Å²) in [7, 11) is 0. The topological polar surface area (TPSA) is 24.9 Å². The van der Waals surface area contributed by atoms with Crippen molar-refractivity contribution in [1.82, 2.24) is 10.3 Å². The van der Waals surface area contributed by atoms with Crippen LogP contribution in [0.15, 0.2) is 0 Å². The van der Waals surface area contributed by atoms with Crippen LogP contribution in [0.5, 0.6) is 0 Å². The summed E-state index contributed by atoms with van der Waals surface area (Å²) in [6.45, 7) is 5.26. The van der Waals surface area contributed by atoms with Gasteiger partial charge >= 0.3 is 0 Å². The van der Waals surface area contributed by atoms with Gasteiger partial charge in [-0.25, -0.2) is 4.98 Å². The first-order valence-corrected chi connectivity index (χ1v) is 7.22. The van der Waals surface area contributed by atoms with Crippen LogP contribution in [0.25, 0.3) is 0 Å². The van der Waals surface area contributed by atoms with Crippen molar-refractivity contribution in [3.8, 4) is 0 Å². The number of nitrogens with zero attached hydrogens (tertiary/aromatic N) is 1. The molecule has 3 rings (SSSR count). The van der Waals surface area contributed by atoms with Gasteiger partial charge in [0.2, 0.25) is 0 Å². The van der Waals surface area contributed by atoms with E-state index in [4.69, 9.17) is 0 Å². The molecule has 0 bridgehead atoms. The number of aromatic nitrogens is 1. The molecular weight excluding hydrogens is 216 g/mol. The minimum Gasteiger partial charge on any atom is -0.308 e. The van der Waals surface area contributed by atoms with Crippen LogP contribution in [0.3, 0.4) is 0 Å². The van der Waals surface area contributed by atoms with E-state index in [2.05, 4.69) is 24.1 Å². The zero-order chi connectivity index (χ0) is 11.1. The highest BCUT2D eigenvalue weighted by Crippen LogP contribution is 2.44. The third-order valence-corrected chi connectivity index (χ3v) is 4.69. The summed E-state index contributed by atoms with van der Waals surface area (Å²) < 4.78 is 0. The Hall–Kier alpha value is -0.410. The van der Waals surface area contributed by atoms with Gasteiger partial charge in [0.1, 0.15) is 0 Å². The minimum atomic E-state index is 0.793. The van der Waals surface area contributed by atoms with Gasteiger partial charge in [0.25, 0.3) is 0 Å². The molecule has 2 aliphatic rings. The Labute approximate surface area is 101 Å². The fourth-order valence-corrected chi connectivity index (χ4v) is 3.41. The van der Waals surface area contributed by atoms with Gasteiger partial charge in [-0.2, -0.15) is 0 Å². The Morgan fingerprint density at radius 3 is 2.31 bits per heavy atom. The number of aryl methyl sites for hydroxylation is 2. The molecule has 0 spiro atoms. The zero-order valence-electron chi connectivity index (χ0n) is 10.1. The summed E-state index contributed by atoms with van der Waals surface area (Å²) in [5.41, 5.74) is 1.27. The Morgan fingerprint density at radius 1 is 1.25 bits per heavy atom. The van der Waals surface area contributed by atoms with Crippen molar-refractivity contribution in [2.75, 3.05) is 0 Å². The Kier molecular flexibility index (Phi) is 2.76. The van der Waals surface area contributed by atoms with Crippen LogP contribution in [-0.4, -0.2) is 11.0 Å². The molecule has 0 unspecified atom stereocenters. The standard InChI is InChI=1S/C13H20N2S/c1-8-12(15-9(2)16-8)7-14-13(10-3-4-10)11-5-6-11/h10-11,13-14H,3-7H2,1-2H3. The van der Waals surface area contributed by atoms with Gasteiger partial charge < -0.3 is 5.32 Å². The third kappa shape index (κ3) is 2.30. The Balaban J connectivity index is 1.60. The predicted octanol–water partition coefficient (Wildman–Crippen LogP) is 3.04. The molecule has 2 nitrogen and oxygen atoms in total. The van der Waals surface area contributed by atoms with E-state index < -0.39 is 0 Å². The summed E-state index contributed by atoms with van der Waals surface area (Å²) in [5.74, 6) is 1.96. The summed E-state index contributed by atoms with van der Waals surface area (Å²) in [5, 5.41) is 4.96. The van der Waals surface area contributed by atoms with Crippen LogP contribution < -0.4 is 5.32 Å². The quantitative estimate of drug-likeness (QED) is 0.850. The summed E-state index contributed by atoms with van der Waals surface area (Å²) in [6.07, 6.45) is 5.79. The molecule has 0 aliphatic heterocycles. The van der Waals surface area contributed by atoms with Gasteiger partial charge in [-0.1, -0.05) is 0 Å².